The summed E-state index contributed by atoms with van der Waals surface area (Å²) < 4.78 is 0. The average molecular weight is 881 g/mol. The van der Waals surface area contributed by atoms with Gasteiger partial charge >= 0.3 is 0 Å². The Kier molecular flexibility index (Phi) is 24.6. The van der Waals surface area contributed by atoms with Crippen LogP contribution in [0, 0.1) is 26.7 Å². The summed E-state index contributed by atoms with van der Waals surface area (Å²) in [4.78, 5) is 0. The third-order valence-corrected chi connectivity index (χ3v) is 11.3. The molecule has 0 aliphatic heterocycles. The monoisotopic (exact) mass is 881 g/mol. The van der Waals surface area contributed by atoms with Crippen LogP contribution in [0.3, 0.4) is 0 Å². The molecule has 7 aromatic rings. The van der Waals surface area contributed by atoms with Gasteiger partial charge in [-0.15, -0.1) is 19.4 Å². The number of hydrogen-bond donors (Lipinski definition) is 0. The molecule has 0 nitrogen and oxygen atoms in total. The van der Waals surface area contributed by atoms with Crippen LogP contribution in [0.15, 0.2) is 207 Å². The lowest BCUT2D eigenvalue weighted by molar-refractivity contribution is 1.02. The molecule has 0 heterocycles. The lowest BCUT2D eigenvalue weighted by atomic mass is 9.81. The minimum absolute atomic E-state index is 0.903. The van der Waals surface area contributed by atoms with Gasteiger partial charge < -0.3 is 0 Å². The highest BCUT2D eigenvalue weighted by atomic mass is 14.2. The van der Waals surface area contributed by atoms with Crippen molar-refractivity contribution in [2.75, 3.05) is 0 Å². The highest BCUT2D eigenvalue weighted by Gasteiger charge is 2.20. The van der Waals surface area contributed by atoms with Crippen LogP contribution < -0.4 is 0 Å². The third kappa shape index (κ3) is 16.8. The van der Waals surface area contributed by atoms with E-state index >= 15 is 0 Å². The van der Waals surface area contributed by atoms with Gasteiger partial charge in [0.05, 0.1) is 0 Å². The van der Waals surface area contributed by atoms with Crippen molar-refractivity contribution in [1.29, 1.82) is 0 Å². The maximum atomic E-state index is 4.43. The van der Waals surface area contributed by atoms with Crippen molar-refractivity contribution in [2.24, 2.45) is 0 Å². The summed E-state index contributed by atoms with van der Waals surface area (Å²) in [6.45, 7) is 26.6. The number of terminal acetylenes is 1. The predicted octanol–water partition coefficient (Wildman–Crippen LogP) is 19.3. The lowest BCUT2D eigenvalue weighted by Gasteiger charge is -2.23. The Labute approximate surface area is 407 Å². The van der Waals surface area contributed by atoms with Crippen LogP contribution in [0.25, 0.3) is 39.0 Å². The second-order valence-electron chi connectivity index (χ2n) is 16.4. The quantitative estimate of drug-likeness (QED) is 0.0897. The fraction of sp³-hybridized carbons (Fsp3) is 0.224. The van der Waals surface area contributed by atoms with E-state index in [1.54, 1.807) is 0 Å². The number of allylic oxidation sites excluding steroid dienone is 6. The summed E-state index contributed by atoms with van der Waals surface area (Å²) in [7, 11) is 0. The molecule has 1 aliphatic carbocycles. The van der Waals surface area contributed by atoms with Gasteiger partial charge in [-0.05, 0) is 155 Å². The van der Waals surface area contributed by atoms with E-state index < -0.39 is 0 Å². The molecule has 67 heavy (non-hydrogen) atoms. The topological polar surface area (TPSA) is 0 Å². The van der Waals surface area contributed by atoms with Gasteiger partial charge in [-0.25, -0.2) is 0 Å². The molecule has 0 saturated heterocycles. The molecular weight excluding hydrogens is 805 g/mol. The first-order valence-corrected chi connectivity index (χ1v) is 24.3. The van der Waals surface area contributed by atoms with E-state index in [0.717, 1.165) is 38.5 Å². The number of rotatable bonds is 11. The Morgan fingerprint density at radius 3 is 1.42 bits per heavy atom. The van der Waals surface area contributed by atoms with Crippen LogP contribution in [0.5, 0.6) is 0 Å². The molecule has 0 bridgehead atoms. The summed E-state index contributed by atoms with van der Waals surface area (Å²) in [5.74, 6) is 0. The van der Waals surface area contributed by atoms with Crippen LogP contribution in [0.2, 0.25) is 0 Å². The second-order valence-corrected chi connectivity index (χ2v) is 16.4. The lowest BCUT2D eigenvalue weighted by Crippen LogP contribution is -2.02. The normalized spacial score (nSPS) is 11.0. The Balaban J connectivity index is 0.000000333. The Hall–Kier alpha value is -6.94. The molecule has 8 rings (SSSR count). The Morgan fingerprint density at radius 2 is 0.910 bits per heavy atom. The first-order chi connectivity index (χ1) is 32.7. The number of benzene rings is 7. The van der Waals surface area contributed by atoms with Crippen molar-refractivity contribution in [1.82, 2.24) is 0 Å². The second kappa shape index (κ2) is 30.3. The summed E-state index contributed by atoms with van der Waals surface area (Å²) in [6.07, 6.45) is 18.7. The molecule has 0 fully saturated rings. The maximum absolute atomic E-state index is 4.43. The van der Waals surface area contributed by atoms with Crippen molar-refractivity contribution in [3.8, 4) is 35.1 Å². The van der Waals surface area contributed by atoms with E-state index in [0.29, 0.717) is 0 Å². The van der Waals surface area contributed by atoms with Crippen molar-refractivity contribution in [2.45, 2.75) is 101 Å². The van der Waals surface area contributed by atoms with E-state index in [9.17, 15) is 0 Å². The first kappa shape index (κ1) is 54.4. The van der Waals surface area contributed by atoms with Gasteiger partial charge in [0.2, 0.25) is 0 Å². The van der Waals surface area contributed by atoms with Crippen LogP contribution in [0.1, 0.15) is 118 Å². The van der Waals surface area contributed by atoms with Crippen molar-refractivity contribution >= 4 is 16.7 Å². The molecule has 1 aliphatic rings. The van der Waals surface area contributed by atoms with E-state index in [2.05, 4.69) is 235 Å². The van der Waals surface area contributed by atoms with Gasteiger partial charge in [0.15, 0.2) is 0 Å². The molecule has 344 valence electrons. The van der Waals surface area contributed by atoms with Gasteiger partial charge in [-0.1, -0.05) is 235 Å². The molecule has 0 aromatic heterocycles. The summed E-state index contributed by atoms with van der Waals surface area (Å²) in [6, 6.07) is 63.4. The zero-order valence-corrected chi connectivity index (χ0v) is 42.2. The molecule has 0 N–H and O–H groups in total. The Morgan fingerprint density at radius 1 is 0.493 bits per heavy atom. The maximum Gasteiger partial charge on any atom is -0.00194 e. The number of hydrogen-bond acceptors (Lipinski definition) is 0. The van der Waals surface area contributed by atoms with Gasteiger partial charge in [0.1, 0.15) is 0 Å². The molecular formula is C67H76. The molecule has 0 unspecified atom stereocenters. The van der Waals surface area contributed by atoms with E-state index in [4.69, 9.17) is 0 Å². The first-order valence-electron chi connectivity index (χ1n) is 24.3. The largest absolute Gasteiger partial charge is 0.124 e. The van der Waals surface area contributed by atoms with Crippen molar-refractivity contribution in [3.05, 3.63) is 257 Å². The molecule has 0 atom stereocenters. The molecule has 0 saturated carbocycles. The molecule has 0 radical (unpaired) electrons. The fourth-order valence-corrected chi connectivity index (χ4v) is 8.05. The van der Waals surface area contributed by atoms with Crippen molar-refractivity contribution in [3.63, 3.8) is 0 Å². The average Bonchev–Trinajstić information content (AvgIpc) is 3.39. The Bertz CT molecular complexity index is 2630. The zero-order valence-electron chi connectivity index (χ0n) is 42.2. The van der Waals surface area contributed by atoms with Gasteiger partial charge in [-0.2, -0.15) is 0 Å². The molecule has 0 spiro atoms. The van der Waals surface area contributed by atoms with E-state index in [-0.39, 0.29) is 0 Å². The van der Waals surface area contributed by atoms with Crippen LogP contribution >= 0.6 is 0 Å². The van der Waals surface area contributed by atoms with Crippen LogP contribution in [-0.4, -0.2) is 0 Å². The van der Waals surface area contributed by atoms with E-state index in [1.807, 2.05) is 41.5 Å². The molecule has 0 heteroatoms. The fourth-order valence-electron chi connectivity index (χ4n) is 8.05. The molecule has 7 aromatic carbocycles. The standard InChI is InChI=1S/C37H34.C20H20.C4H8.2C2H6.C2H2/c1-27(31-18-8-5-9-19-31)22-23-32-24-25-33(26-30-16-6-4-7-17-30)37(35-21-13-11-15-29(35)3)36(32)34-20-12-10-14-28(34)2;1-2-16-7-6-10-20(15-16)19-13-11-18(12-14-19)17-8-4-3-5-9-17;1-4(2)3;3*1-2/h4-21,24-25H,1,22-23,26H2,2-3H3;3-11,13,15H,2,12,14H2,1H3;1H2,2-3H3;2*1-2H3;1-2H. The van der Waals surface area contributed by atoms with Crippen LogP contribution in [0.4, 0.5) is 0 Å². The summed E-state index contributed by atoms with van der Waals surface area (Å²) >= 11 is 0. The minimum atomic E-state index is 0.903. The van der Waals surface area contributed by atoms with Crippen LogP contribution in [-0.2, 0) is 19.3 Å². The summed E-state index contributed by atoms with van der Waals surface area (Å²) in [5.41, 5.74) is 22.7. The zero-order chi connectivity index (χ0) is 49.0. The van der Waals surface area contributed by atoms with Gasteiger partial charge in [0, 0.05) is 0 Å². The highest BCUT2D eigenvalue weighted by Crippen LogP contribution is 2.42. The third-order valence-electron chi connectivity index (χ3n) is 11.3. The van der Waals surface area contributed by atoms with Gasteiger partial charge in [0.25, 0.3) is 0 Å². The minimum Gasteiger partial charge on any atom is -0.124 e. The van der Waals surface area contributed by atoms with Crippen molar-refractivity contribution < 1.29 is 0 Å². The molecule has 0 amide bonds. The summed E-state index contributed by atoms with van der Waals surface area (Å²) in [5, 5.41) is 0. The number of aryl methyl sites for hydroxylation is 4. The SMILES string of the molecule is C#C.C=C(C)C.C=C(CCc1ccc(Cc2ccccc2)c(-c2ccccc2C)c1-c1ccccc1C)c1ccccc1.CC.CC.CCc1cccc(C2=CC=C(c3ccccc3)CC2)c1. The smallest absolute Gasteiger partial charge is 0.00194 e. The van der Waals surface area contributed by atoms with Gasteiger partial charge in [-0.3, -0.25) is 0 Å². The predicted molar refractivity (Wildman–Crippen MR) is 300 cm³/mol. The highest BCUT2D eigenvalue weighted by molar-refractivity contribution is 5.90. The van der Waals surface area contributed by atoms with E-state index in [1.165, 1.54) is 94.6 Å².